The summed E-state index contributed by atoms with van der Waals surface area (Å²) < 4.78 is 1.73. The molecule has 0 saturated carbocycles. The van der Waals surface area contributed by atoms with Crippen LogP contribution in [0.2, 0.25) is 0 Å². The molecule has 0 spiro atoms. The van der Waals surface area contributed by atoms with Crippen molar-refractivity contribution in [2.45, 2.75) is 53.0 Å². The first-order valence-electron chi connectivity index (χ1n) is 7.60. The van der Waals surface area contributed by atoms with Crippen LogP contribution in [0, 0.1) is 19.8 Å². The summed E-state index contributed by atoms with van der Waals surface area (Å²) in [4.78, 5) is 14.3. The van der Waals surface area contributed by atoms with Crippen LogP contribution in [0.4, 0.5) is 5.69 Å². The van der Waals surface area contributed by atoms with Crippen LogP contribution >= 0.6 is 0 Å². The van der Waals surface area contributed by atoms with Crippen LogP contribution in [0.15, 0.2) is 0 Å². The standard InChI is InChI=1S/C15H26N4O/c1-4-5-13-6-8-18(9-7-13)14(20)10-19-12(3)15(16)11(2)17-19/h13H,4-10,16H2,1-3H3. The summed E-state index contributed by atoms with van der Waals surface area (Å²) >= 11 is 0. The van der Waals surface area contributed by atoms with E-state index < -0.39 is 0 Å². The molecule has 1 aliphatic rings. The van der Waals surface area contributed by atoms with E-state index in [0.29, 0.717) is 12.2 Å². The first-order valence-corrected chi connectivity index (χ1v) is 7.60. The van der Waals surface area contributed by atoms with E-state index in [-0.39, 0.29) is 5.91 Å². The minimum Gasteiger partial charge on any atom is -0.396 e. The molecule has 0 bridgehead atoms. The summed E-state index contributed by atoms with van der Waals surface area (Å²) in [6, 6.07) is 0. The third-order valence-electron chi connectivity index (χ3n) is 4.39. The Morgan fingerprint density at radius 1 is 1.35 bits per heavy atom. The Kier molecular flexibility index (Phi) is 4.68. The molecule has 20 heavy (non-hydrogen) atoms. The van der Waals surface area contributed by atoms with Gasteiger partial charge in [-0.15, -0.1) is 0 Å². The molecule has 2 N–H and O–H groups in total. The number of anilines is 1. The van der Waals surface area contributed by atoms with Gasteiger partial charge in [-0.05, 0) is 32.6 Å². The van der Waals surface area contributed by atoms with E-state index in [0.717, 1.165) is 43.2 Å². The Labute approximate surface area is 121 Å². The number of likely N-dealkylation sites (tertiary alicyclic amines) is 1. The Morgan fingerprint density at radius 3 is 2.50 bits per heavy atom. The molecule has 5 heteroatoms. The average Bonchev–Trinajstić information content (AvgIpc) is 2.67. The zero-order valence-corrected chi connectivity index (χ0v) is 12.9. The van der Waals surface area contributed by atoms with Crippen LogP contribution in [0.3, 0.4) is 0 Å². The second-order valence-corrected chi connectivity index (χ2v) is 5.85. The van der Waals surface area contributed by atoms with Crippen LogP contribution in [0.1, 0.15) is 44.0 Å². The fourth-order valence-electron chi connectivity index (χ4n) is 2.97. The van der Waals surface area contributed by atoms with Crippen molar-refractivity contribution >= 4 is 11.6 Å². The van der Waals surface area contributed by atoms with Crippen molar-refractivity contribution in [3.63, 3.8) is 0 Å². The molecule has 0 atom stereocenters. The predicted molar refractivity (Wildman–Crippen MR) is 80.3 cm³/mol. The topological polar surface area (TPSA) is 64.2 Å². The van der Waals surface area contributed by atoms with E-state index in [1.807, 2.05) is 18.7 Å². The number of nitrogens with zero attached hydrogens (tertiary/aromatic N) is 3. The molecule has 1 saturated heterocycles. The smallest absolute Gasteiger partial charge is 0.244 e. The molecule has 1 aliphatic heterocycles. The number of aryl methyl sites for hydroxylation is 1. The van der Waals surface area contributed by atoms with Gasteiger partial charge in [-0.2, -0.15) is 5.10 Å². The van der Waals surface area contributed by atoms with Gasteiger partial charge in [-0.25, -0.2) is 0 Å². The molecule has 1 fully saturated rings. The molecule has 1 aromatic heterocycles. The highest BCUT2D eigenvalue weighted by Gasteiger charge is 2.23. The zero-order chi connectivity index (χ0) is 14.7. The van der Waals surface area contributed by atoms with E-state index in [9.17, 15) is 4.79 Å². The van der Waals surface area contributed by atoms with Crippen molar-refractivity contribution in [1.82, 2.24) is 14.7 Å². The van der Waals surface area contributed by atoms with Gasteiger partial charge >= 0.3 is 0 Å². The lowest BCUT2D eigenvalue weighted by molar-refractivity contribution is -0.133. The van der Waals surface area contributed by atoms with Gasteiger partial charge in [0.1, 0.15) is 6.54 Å². The Hall–Kier alpha value is -1.52. The lowest BCUT2D eigenvalue weighted by Crippen LogP contribution is -2.40. The molecular formula is C15H26N4O. The van der Waals surface area contributed by atoms with Crippen molar-refractivity contribution in [2.24, 2.45) is 5.92 Å². The predicted octanol–water partition coefficient (Wildman–Crippen LogP) is 2.12. The van der Waals surface area contributed by atoms with Gasteiger partial charge in [0.05, 0.1) is 17.1 Å². The van der Waals surface area contributed by atoms with Crippen molar-refractivity contribution in [3.8, 4) is 0 Å². The maximum atomic E-state index is 12.3. The molecule has 0 aromatic carbocycles. The number of hydrogen-bond donors (Lipinski definition) is 1. The van der Waals surface area contributed by atoms with Crippen LogP contribution in [-0.4, -0.2) is 33.7 Å². The van der Waals surface area contributed by atoms with Gasteiger partial charge in [0, 0.05) is 13.1 Å². The number of carbonyl (C=O) groups is 1. The number of piperidine rings is 1. The van der Waals surface area contributed by atoms with Gasteiger partial charge in [-0.1, -0.05) is 19.8 Å². The fraction of sp³-hybridized carbons (Fsp3) is 0.733. The molecule has 112 valence electrons. The van der Waals surface area contributed by atoms with E-state index in [1.165, 1.54) is 12.8 Å². The minimum atomic E-state index is 0.158. The molecule has 1 aromatic rings. The summed E-state index contributed by atoms with van der Waals surface area (Å²) in [5, 5.41) is 4.33. The van der Waals surface area contributed by atoms with Gasteiger partial charge in [-0.3, -0.25) is 9.48 Å². The average molecular weight is 278 g/mol. The molecule has 2 rings (SSSR count). The second kappa shape index (κ2) is 6.29. The van der Waals surface area contributed by atoms with E-state index in [1.54, 1.807) is 4.68 Å². The fourth-order valence-corrected chi connectivity index (χ4v) is 2.97. The Balaban J connectivity index is 1.91. The summed E-state index contributed by atoms with van der Waals surface area (Å²) in [6.45, 7) is 8.10. The first-order chi connectivity index (χ1) is 9.52. The zero-order valence-electron chi connectivity index (χ0n) is 12.9. The van der Waals surface area contributed by atoms with E-state index >= 15 is 0 Å². The number of aromatic nitrogens is 2. The number of nitrogen functional groups attached to an aromatic ring is 1. The largest absolute Gasteiger partial charge is 0.396 e. The SMILES string of the molecule is CCCC1CCN(C(=O)Cn2nc(C)c(N)c2C)CC1. The van der Waals surface area contributed by atoms with Crippen molar-refractivity contribution < 1.29 is 4.79 Å². The molecule has 5 nitrogen and oxygen atoms in total. The number of nitrogens with two attached hydrogens (primary N) is 1. The summed E-state index contributed by atoms with van der Waals surface area (Å²) in [5.41, 5.74) is 8.28. The Morgan fingerprint density at radius 2 is 2.00 bits per heavy atom. The van der Waals surface area contributed by atoms with E-state index in [4.69, 9.17) is 5.73 Å². The van der Waals surface area contributed by atoms with Gasteiger partial charge in [0.15, 0.2) is 0 Å². The van der Waals surface area contributed by atoms with Crippen molar-refractivity contribution in [2.75, 3.05) is 18.8 Å². The maximum Gasteiger partial charge on any atom is 0.244 e. The van der Waals surface area contributed by atoms with Crippen LogP contribution < -0.4 is 5.73 Å². The highest BCUT2D eigenvalue weighted by Crippen LogP contribution is 2.22. The minimum absolute atomic E-state index is 0.158. The highest BCUT2D eigenvalue weighted by atomic mass is 16.2. The van der Waals surface area contributed by atoms with Gasteiger partial charge < -0.3 is 10.6 Å². The summed E-state index contributed by atoms with van der Waals surface area (Å²) in [7, 11) is 0. The van der Waals surface area contributed by atoms with Crippen molar-refractivity contribution in [1.29, 1.82) is 0 Å². The maximum absolute atomic E-state index is 12.3. The molecule has 2 heterocycles. The lowest BCUT2D eigenvalue weighted by atomic mass is 9.92. The molecular weight excluding hydrogens is 252 g/mol. The third-order valence-corrected chi connectivity index (χ3v) is 4.39. The highest BCUT2D eigenvalue weighted by molar-refractivity contribution is 5.76. The van der Waals surface area contributed by atoms with Crippen molar-refractivity contribution in [3.05, 3.63) is 11.4 Å². The third kappa shape index (κ3) is 3.14. The van der Waals surface area contributed by atoms with Crippen LogP contribution in [0.25, 0.3) is 0 Å². The van der Waals surface area contributed by atoms with E-state index in [2.05, 4.69) is 12.0 Å². The van der Waals surface area contributed by atoms with Crippen LogP contribution in [-0.2, 0) is 11.3 Å². The van der Waals surface area contributed by atoms with Crippen LogP contribution in [0.5, 0.6) is 0 Å². The normalized spacial score (nSPS) is 16.6. The quantitative estimate of drug-likeness (QED) is 0.917. The monoisotopic (exact) mass is 278 g/mol. The summed E-state index contributed by atoms with van der Waals surface area (Å²) in [6.07, 6.45) is 4.80. The van der Waals surface area contributed by atoms with Gasteiger partial charge in [0.25, 0.3) is 0 Å². The first kappa shape index (κ1) is 14.9. The number of hydrogen-bond acceptors (Lipinski definition) is 3. The number of carbonyl (C=O) groups excluding carboxylic acids is 1. The summed E-state index contributed by atoms with van der Waals surface area (Å²) in [5.74, 6) is 0.957. The second-order valence-electron chi connectivity index (χ2n) is 5.85. The lowest BCUT2D eigenvalue weighted by Gasteiger charge is -2.32. The molecule has 1 amide bonds. The number of amides is 1. The molecule has 0 radical (unpaired) electrons. The Bertz CT molecular complexity index is 472. The molecule has 0 aliphatic carbocycles. The number of rotatable bonds is 4. The molecule has 0 unspecified atom stereocenters. The van der Waals surface area contributed by atoms with Gasteiger partial charge in [0.2, 0.25) is 5.91 Å².